The first-order valence-corrected chi connectivity index (χ1v) is 19.6. The van der Waals surface area contributed by atoms with Crippen molar-refractivity contribution in [2.75, 3.05) is 19.7 Å². The van der Waals surface area contributed by atoms with Crippen LogP contribution in [-0.2, 0) is 23.7 Å². The van der Waals surface area contributed by atoms with Gasteiger partial charge in [-0.3, -0.25) is 9.59 Å². The molecule has 2 spiro atoms. The van der Waals surface area contributed by atoms with Crippen LogP contribution in [0.5, 0.6) is 0 Å². The van der Waals surface area contributed by atoms with Crippen molar-refractivity contribution in [3.63, 3.8) is 0 Å². The fourth-order valence-corrected chi connectivity index (χ4v) is 14.2. The maximum atomic E-state index is 13.0. The summed E-state index contributed by atoms with van der Waals surface area (Å²) in [7, 11) is 0. The summed E-state index contributed by atoms with van der Waals surface area (Å²) in [5.41, 5.74) is -1.35. The number of hydrogen-bond donors (Lipinski definition) is 2. The van der Waals surface area contributed by atoms with E-state index >= 15 is 0 Å². The summed E-state index contributed by atoms with van der Waals surface area (Å²) < 4.78 is 30.6. The highest BCUT2D eigenvalue weighted by molar-refractivity contribution is 5.91. The molecule has 0 aromatic carbocycles. The summed E-state index contributed by atoms with van der Waals surface area (Å²) in [6.07, 6.45) is 7.07. The van der Waals surface area contributed by atoms with E-state index in [9.17, 15) is 19.8 Å². The number of carbonyl (C=O) groups excluding carboxylic acids is 2. The van der Waals surface area contributed by atoms with Gasteiger partial charge in [-0.2, -0.15) is 0 Å². The molecule has 2 aliphatic heterocycles. The third-order valence-corrected chi connectivity index (χ3v) is 16.4. The molecule has 11 heteroatoms. The number of fused-ring (bicyclic) bond motifs is 4. The third-order valence-electron chi connectivity index (χ3n) is 16.4. The smallest absolute Gasteiger partial charge is 0.303 e. The van der Waals surface area contributed by atoms with E-state index in [0.717, 1.165) is 32.1 Å². The first-order chi connectivity index (χ1) is 23.9. The Morgan fingerprint density at radius 1 is 1.08 bits per heavy atom. The van der Waals surface area contributed by atoms with Gasteiger partial charge < -0.3 is 38.6 Å². The van der Waals surface area contributed by atoms with Crippen LogP contribution in [0, 0.1) is 50.7 Å². The average molecular weight is 713 g/mol. The lowest BCUT2D eigenvalue weighted by Gasteiger charge is -2.64. The molecule has 14 atom stereocenters. The zero-order valence-corrected chi connectivity index (χ0v) is 31.9. The molecule has 5 aliphatic carbocycles. The van der Waals surface area contributed by atoms with Crippen LogP contribution in [0.4, 0.5) is 0 Å². The quantitative estimate of drug-likeness (QED) is 0.370. The minimum Gasteiger partial charge on any atom is -0.457 e. The number of aliphatic hydroxyl groups excluding tert-OH is 1. The second kappa shape index (κ2) is 11.7. The normalized spacial score (nSPS) is 47.6. The molecular weight excluding hydrogens is 652 g/mol. The Morgan fingerprint density at radius 3 is 2.49 bits per heavy atom. The summed E-state index contributed by atoms with van der Waals surface area (Å²) in [6.45, 7) is 17.9. The van der Waals surface area contributed by atoms with Crippen LogP contribution in [0.15, 0.2) is 16.8 Å². The minimum absolute atomic E-state index is 0.0177. The van der Waals surface area contributed by atoms with Gasteiger partial charge in [-0.25, -0.2) is 0 Å². The zero-order valence-electron chi connectivity index (χ0n) is 31.9. The Bertz CT molecular complexity index is 1530. The monoisotopic (exact) mass is 712 g/mol. The Kier molecular flexibility index (Phi) is 8.26. The van der Waals surface area contributed by atoms with E-state index in [-0.39, 0.29) is 62.8 Å². The maximum absolute atomic E-state index is 13.0. The van der Waals surface area contributed by atoms with Gasteiger partial charge in [-0.1, -0.05) is 39.8 Å². The molecule has 0 radical (unpaired) electrons. The van der Waals surface area contributed by atoms with Gasteiger partial charge in [-0.15, -0.1) is 0 Å². The SMILES string of the molecule is CC(=O)O[C@@H](C1C[C@@H](C)[C@H]2C(O1)[C@H](O)[C@@]1(C)C3CC[C@H]4C(C)(C)[C@@H](O[C@H]5CN(C(=O)c6ccno6)CCO5)CCC45CC35CCC21C)C(C)(C)O. The molecular formula is C40H60N2O9. The zero-order chi connectivity index (χ0) is 36.5. The lowest BCUT2D eigenvalue weighted by atomic mass is 9.41. The number of ether oxygens (including phenoxy) is 4. The molecule has 0 bridgehead atoms. The lowest BCUT2D eigenvalue weighted by Crippen LogP contribution is -2.60. The van der Waals surface area contributed by atoms with Gasteiger partial charge in [-0.05, 0) is 111 Å². The van der Waals surface area contributed by atoms with E-state index in [1.807, 2.05) is 0 Å². The van der Waals surface area contributed by atoms with E-state index in [4.69, 9.17) is 23.5 Å². The van der Waals surface area contributed by atoms with Crippen molar-refractivity contribution < 1.29 is 43.3 Å². The van der Waals surface area contributed by atoms with Crippen LogP contribution < -0.4 is 0 Å². The number of nitrogens with zero attached hydrogens (tertiary/aromatic N) is 2. The van der Waals surface area contributed by atoms with E-state index in [0.29, 0.717) is 38.0 Å². The standard InChI is InChI=1S/C40H60N2O9/c1-22-19-25(33(36(5,6)46)48-23(2)43)49-31-30(22)37(7)14-15-40-21-39(40)13-11-28(35(3,4)26(39)9-10-27(40)38(37,8)32(31)44)50-29-20-42(17-18-47-29)34(45)24-12-16-41-51-24/h12,16,22,25-33,44,46H,9-11,13-15,17-21H2,1-8H3/t22-,25?,26+,27?,28+,29+,30+,31?,32+,33+,37?,38-,39?,40?/m1/s1. The van der Waals surface area contributed by atoms with E-state index in [1.54, 1.807) is 24.8 Å². The van der Waals surface area contributed by atoms with Gasteiger partial charge in [0.25, 0.3) is 5.91 Å². The fraction of sp³-hybridized carbons (Fsp3) is 0.875. The fourth-order valence-electron chi connectivity index (χ4n) is 14.2. The van der Waals surface area contributed by atoms with Gasteiger partial charge in [0, 0.05) is 24.9 Å². The number of aromatic nitrogens is 1. The molecule has 2 saturated heterocycles. The van der Waals surface area contributed by atoms with Crippen molar-refractivity contribution in [1.82, 2.24) is 10.1 Å². The first-order valence-electron chi connectivity index (χ1n) is 19.6. The van der Waals surface area contributed by atoms with Gasteiger partial charge in [0.2, 0.25) is 5.76 Å². The largest absolute Gasteiger partial charge is 0.457 e. The van der Waals surface area contributed by atoms with Crippen LogP contribution >= 0.6 is 0 Å². The Labute approximate surface area is 302 Å². The van der Waals surface area contributed by atoms with Gasteiger partial charge in [0.15, 0.2) is 12.4 Å². The highest BCUT2D eigenvalue weighted by atomic mass is 16.7. The Hall–Kier alpha value is -2.05. The summed E-state index contributed by atoms with van der Waals surface area (Å²) in [5.74, 6) is 0.921. The third kappa shape index (κ3) is 4.95. The molecule has 284 valence electrons. The van der Waals surface area contributed by atoms with Crippen molar-refractivity contribution in [3.05, 3.63) is 18.0 Å². The first kappa shape index (κ1) is 36.0. The number of carbonyl (C=O) groups is 2. The number of amides is 1. The molecule has 8 rings (SSSR count). The number of morpholine rings is 1. The number of esters is 1. The van der Waals surface area contributed by atoms with E-state index in [1.165, 1.54) is 26.0 Å². The predicted octanol–water partition coefficient (Wildman–Crippen LogP) is 5.37. The topological polar surface area (TPSA) is 141 Å². The molecule has 3 heterocycles. The second-order valence-corrected chi connectivity index (χ2v) is 19.3. The molecule has 1 aromatic heterocycles. The van der Waals surface area contributed by atoms with Crippen LogP contribution in [-0.4, -0.2) is 94.3 Å². The van der Waals surface area contributed by atoms with Crippen LogP contribution in [0.2, 0.25) is 0 Å². The number of aliphatic hydroxyl groups is 2. The minimum atomic E-state index is -1.28. The highest BCUT2D eigenvalue weighted by Crippen LogP contribution is 2.89. The van der Waals surface area contributed by atoms with Crippen molar-refractivity contribution >= 4 is 11.9 Å². The molecule has 1 aromatic rings. The molecule has 2 N–H and O–H groups in total. The van der Waals surface area contributed by atoms with E-state index < -0.39 is 36.2 Å². The highest BCUT2D eigenvalue weighted by Gasteiger charge is 2.84. The van der Waals surface area contributed by atoms with Crippen LogP contribution in [0.25, 0.3) is 0 Å². The predicted molar refractivity (Wildman–Crippen MR) is 185 cm³/mol. The molecule has 11 nitrogen and oxygen atoms in total. The summed E-state index contributed by atoms with van der Waals surface area (Å²) in [6, 6.07) is 1.59. The van der Waals surface area contributed by atoms with E-state index in [2.05, 4.69) is 39.8 Å². The molecule has 1 amide bonds. The van der Waals surface area contributed by atoms with Gasteiger partial charge >= 0.3 is 5.97 Å². The lowest BCUT2D eigenvalue weighted by molar-refractivity contribution is -0.245. The van der Waals surface area contributed by atoms with Crippen molar-refractivity contribution in [2.45, 2.75) is 149 Å². The molecule has 7 fully saturated rings. The average Bonchev–Trinajstić information content (AvgIpc) is 3.32. The Balaban J connectivity index is 1.01. The summed E-state index contributed by atoms with van der Waals surface area (Å²) in [5, 5.41) is 27.3. The van der Waals surface area contributed by atoms with Gasteiger partial charge in [0.05, 0.1) is 49.4 Å². The molecule has 51 heavy (non-hydrogen) atoms. The molecule has 5 saturated carbocycles. The van der Waals surface area contributed by atoms with Crippen LogP contribution in [0.3, 0.4) is 0 Å². The Morgan fingerprint density at radius 2 is 1.80 bits per heavy atom. The summed E-state index contributed by atoms with van der Waals surface area (Å²) in [4.78, 5) is 26.8. The van der Waals surface area contributed by atoms with Crippen LogP contribution in [0.1, 0.15) is 117 Å². The van der Waals surface area contributed by atoms with Crippen molar-refractivity contribution in [3.8, 4) is 0 Å². The number of hydrogen-bond acceptors (Lipinski definition) is 10. The van der Waals surface area contributed by atoms with Crippen molar-refractivity contribution in [2.24, 2.45) is 50.7 Å². The van der Waals surface area contributed by atoms with Crippen molar-refractivity contribution in [1.29, 1.82) is 0 Å². The second-order valence-electron chi connectivity index (χ2n) is 19.3. The number of rotatable bonds is 6. The van der Waals surface area contributed by atoms with Gasteiger partial charge in [0.1, 0.15) is 0 Å². The molecule has 6 unspecified atom stereocenters. The molecule has 7 aliphatic rings. The maximum Gasteiger partial charge on any atom is 0.303 e. The summed E-state index contributed by atoms with van der Waals surface area (Å²) >= 11 is 0.